The Morgan fingerprint density at radius 2 is 1.29 bits per heavy atom. The molecule has 4 N–H and O–H groups in total. The quantitative estimate of drug-likeness (QED) is 0.333. The van der Waals surface area contributed by atoms with Gasteiger partial charge < -0.3 is 26.2 Å². The predicted molar refractivity (Wildman–Crippen MR) is 168 cm³/mol. The summed E-state index contributed by atoms with van der Waals surface area (Å²) in [5.41, 5.74) is 2.83. The molecule has 0 radical (unpaired) electrons. The maximum Gasteiger partial charge on any atom is 0.0234 e. The van der Waals surface area contributed by atoms with Crippen LogP contribution in [0.4, 0.5) is 0 Å². The predicted octanol–water partition coefficient (Wildman–Crippen LogP) is 3.62. The van der Waals surface area contributed by atoms with E-state index in [0.717, 1.165) is 78.5 Å². The van der Waals surface area contributed by atoms with Gasteiger partial charge in [-0.05, 0) is 83.8 Å². The van der Waals surface area contributed by atoms with Crippen LogP contribution < -0.4 is 21.3 Å². The Bertz CT molecular complexity index is 516. The maximum absolute atomic E-state index is 3.60. The van der Waals surface area contributed by atoms with Gasteiger partial charge in [-0.25, -0.2) is 0 Å². The van der Waals surface area contributed by atoms with Crippen molar-refractivity contribution in [1.29, 1.82) is 0 Å². The van der Waals surface area contributed by atoms with Crippen LogP contribution in [0.15, 0.2) is 24.3 Å². The average molecular weight is 623 g/mol. The molecule has 0 amide bonds. The zero-order chi connectivity index (χ0) is 20.6. The summed E-state index contributed by atoms with van der Waals surface area (Å²) < 4.78 is 0. The number of nitrogens with one attached hydrogen (secondary N) is 4. The molecule has 1 fully saturated rings. The van der Waals surface area contributed by atoms with Crippen molar-refractivity contribution in [2.45, 2.75) is 32.4 Å². The summed E-state index contributed by atoms with van der Waals surface area (Å²) in [6, 6.07) is 9.25. The highest BCUT2D eigenvalue weighted by atomic mass is 35.5. The first-order chi connectivity index (χ1) is 14.3. The Kier molecular flexibility index (Phi) is 40.3. The minimum Gasteiger partial charge on any atom is -0.320 e. The summed E-state index contributed by atoms with van der Waals surface area (Å²) in [5.74, 6) is 0. The third-order valence-corrected chi connectivity index (χ3v) is 5.47. The van der Waals surface area contributed by atoms with E-state index in [2.05, 4.69) is 62.4 Å². The van der Waals surface area contributed by atoms with Gasteiger partial charge in [0.1, 0.15) is 0 Å². The lowest BCUT2D eigenvalue weighted by Crippen LogP contribution is -2.36. The second-order valence-electron chi connectivity index (χ2n) is 8.24. The largest absolute Gasteiger partial charge is 0.320 e. The molecule has 0 aromatic heterocycles. The van der Waals surface area contributed by atoms with Crippen LogP contribution in [0.5, 0.6) is 0 Å². The molecule has 1 aromatic rings. The third-order valence-electron chi connectivity index (χ3n) is 5.47. The van der Waals surface area contributed by atoms with Crippen molar-refractivity contribution in [2.75, 3.05) is 79.5 Å². The van der Waals surface area contributed by atoms with Crippen molar-refractivity contribution in [1.82, 2.24) is 31.1 Å². The Hall–Kier alpha value is 0.720. The fourth-order valence-corrected chi connectivity index (χ4v) is 3.75. The van der Waals surface area contributed by atoms with Gasteiger partial charge in [-0.3, -0.25) is 4.90 Å². The summed E-state index contributed by atoms with van der Waals surface area (Å²) in [6.45, 7) is 13.1. The van der Waals surface area contributed by atoms with E-state index in [0.29, 0.717) is 0 Å². The van der Waals surface area contributed by atoms with E-state index in [9.17, 15) is 0 Å². The maximum atomic E-state index is 3.60. The molecule has 0 aliphatic carbocycles. The molecule has 0 atom stereocenters. The number of hydrogen-bond acceptors (Lipinski definition) is 6. The molecule has 35 heavy (non-hydrogen) atoms. The molecule has 1 aliphatic heterocycles. The fourth-order valence-electron chi connectivity index (χ4n) is 3.75. The smallest absolute Gasteiger partial charge is 0.0234 e. The Morgan fingerprint density at radius 1 is 0.743 bits per heavy atom. The highest BCUT2D eigenvalue weighted by Gasteiger charge is 2.07. The molecule has 2 rings (SSSR count). The van der Waals surface area contributed by atoms with Crippen LogP contribution in [-0.2, 0) is 13.1 Å². The topological polar surface area (TPSA) is 54.6 Å². The Balaban J connectivity index is -0.000000500. The molecular formula is C23H50Cl6N6. The van der Waals surface area contributed by atoms with Crippen molar-refractivity contribution in [3.05, 3.63) is 35.4 Å². The zero-order valence-electron chi connectivity index (χ0n) is 21.3. The first-order valence-corrected chi connectivity index (χ1v) is 11.5. The monoisotopic (exact) mass is 620 g/mol. The van der Waals surface area contributed by atoms with E-state index in [-0.39, 0.29) is 74.4 Å². The van der Waals surface area contributed by atoms with E-state index in [1.165, 1.54) is 30.4 Å². The van der Waals surface area contributed by atoms with Crippen LogP contribution in [0.25, 0.3) is 0 Å². The minimum atomic E-state index is 0. The van der Waals surface area contributed by atoms with Crippen molar-refractivity contribution >= 4 is 74.4 Å². The molecular weight excluding hydrogens is 573 g/mol. The van der Waals surface area contributed by atoms with Crippen LogP contribution in [0.1, 0.15) is 30.4 Å². The standard InChI is InChI=1S/C23H44N6.6ClH/c1-24-10-4-17-28(2)20-22-6-8-23(9-7-22)21-29-18-5-13-26-15-14-25-11-3-12-27-16-19-29;;;;;;/h6-9,24-27H,3-5,10-21H2,1-2H3;6*1H. The zero-order valence-corrected chi connectivity index (χ0v) is 26.2. The van der Waals surface area contributed by atoms with Gasteiger partial charge >= 0.3 is 0 Å². The van der Waals surface area contributed by atoms with E-state index in [4.69, 9.17) is 0 Å². The summed E-state index contributed by atoms with van der Waals surface area (Å²) in [5, 5.41) is 13.9. The molecule has 0 unspecified atom stereocenters. The van der Waals surface area contributed by atoms with Gasteiger partial charge in [0.2, 0.25) is 0 Å². The van der Waals surface area contributed by atoms with Gasteiger partial charge in [-0.1, -0.05) is 24.3 Å². The molecule has 0 bridgehead atoms. The number of rotatable bonds is 8. The van der Waals surface area contributed by atoms with Gasteiger partial charge in [0.15, 0.2) is 0 Å². The third kappa shape index (κ3) is 23.6. The SMILES string of the molecule is CNCCCN(C)Cc1ccc(CN2CCCNCCNCCCNCC2)cc1.Cl.Cl.Cl.Cl.Cl.Cl. The van der Waals surface area contributed by atoms with Crippen LogP contribution in [-0.4, -0.2) is 89.3 Å². The van der Waals surface area contributed by atoms with Crippen LogP contribution >= 0.6 is 74.4 Å². The van der Waals surface area contributed by atoms with Gasteiger partial charge in [0, 0.05) is 39.3 Å². The van der Waals surface area contributed by atoms with E-state index >= 15 is 0 Å². The summed E-state index contributed by atoms with van der Waals surface area (Å²) in [7, 11) is 4.23. The number of hydrogen-bond donors (Lipinski definition) is 4. The molecule has 12 heteroatoms. The first kappa shape index (κ1) is 45.6. The lowest BCUT2D eigenvalue weighted by Gasteiger charge is -2.23. The van der Waals surface area contributed by atoms with Gasteiger partial charge in [0.25, 0.3) is 0 Å². The Labute approximate surface area is 251 Å². The van der Waals surface area contributed by atoms with Gasteiger partial charge in [0.05, 0.1) is 0 Å². The number of nitrogens with zero attached hydrogens (tertiary/aromatic N) is 2. The highest BCUT2D eigenvalue weighted by molar-refractivity contribution is 5.86. The van der Waals surface area contributed by atoms with Crippen molar-refractivity contribution < 1.29 is 0 Å². The molecule has 1 saturated heterocycles. The van der Waals surface area contributed by atoms with Crippen molar-refractivity contribution in [3.8, 4) is 0 Å². The van der Waals surface area contributed by atoms with Crippen molar-refractivity contribution in [3.63, 3.8) is 0 Å². The number of benzene rings is 1. The summed E-state index contributed by atoms with van der Waals surface area (Å²) in [4.78, 5) is 5.00. The second-order valence-corrected chi connectivity index (χ2v) is 8.24. The highest BCUT2D eigenvalue weighted by Crippen LogP contribution is 2.10. The first-order valence-electron chi connectivity index (χ1n) is 11.5. The molecule has 1 heterocycles. The molecule has 214 valence electrons. The van der Waals surface area contributed by atoms with Crippen LogP contribution in [0.2, 0.25) is 0 Å². The lowest BCUT2D eigenvalue weighted by atomic mass is 10.1. The minimum absolute atomic E-state index is 0. The molecule has 1 aromatic carbocycles. The van der Waals surface area contributed by atoms with E-state index in [1.54, 1.807) is 0 Å². The van der Waals surface area contributed by atoms with Crippen molar-refractivity contribution in [2.24, 2.45) is 0 Å². The summed E-state index contributed by atoms with van der Waals surface area (Å²) >= 11 is 0. The van der Waals surface area contributed by atoms with Gasteiger partial charge in [-0.2, -0.15) is 0 Å². The molecule has 0 spiro atoms. The van der Waals surface area contributed by atoms with E-state index < -0.39 is 0 Å². The van der Waals surface area contributed by atoms with Crippen LogP contribution in [0.3, 0.4) is 0 Å². The number of halogens is 6. The second kappa shape index (κ2) is 30.9. The van der Waals surface area contributed by atoms with Gasteiger partial charge in [-0.15, -0.1) is 74.4 Å². The Morgan fingerprint density at radius 3 is 1.89 bits per heavy atom. The fraction of sp³-hybridized carbons (Fsp3) is 0.739. The van der Waals surface area contributed by atoms with E-state index in [1.807, 2.05) is 7.05 Å². The summed E-state index contributed by atoms with van der Waals surface area (Å²) in [6.07, 6.45) is 3.60. The lowest BCUT2D eigenvalue weighted by molar-refractivity contribution is 0.260. The molecule has 0 saturated carbocycles. The average Bonchev–Trinajstić information content (AvgIpc) is 2.72. The normalized spacial score (nSPS) is 15.4. The van der Waals surface area contributed by atoms with Crippen LogP contribution in [0, 0.1) is 0 Å². The molecule has 6 nitrogen and oxygen atoms in total. The molecule has 1 aliphatic rings.